The van der Waals surface area contributed by atoms with Crippen LogP contribution in [-0.2, 0) is 14.3 Å². The summed E-state index contributed by atoms with van der Waals surface area (Å²) < 4.78 is 10.7. The first-order valence-electron chi connectivity index (χ1n) is 12.0. The van der Waals surface area contributed by atoms with E-state index in [0.717, 1.165) is 28.2 Å². The van der Waals surface area contributed by atoms with Crippen LogP contribution in [0.25, 0.3) is 0 Å². The lowest BCUT2D eigenvalue weighted by Crippen LogP contribution is -2.32. The average Bonchev–Trinajstić information content (AvgIpc) is 3.14. The molecule has 0 aliphatic carbocycles. The molecule has 1 aliphatic rings. The van der Waals surface area contributed by atoms with Crippen molar-refractivity contribution in [1.82, 2.24) is 0 Å². The maximum absolute atomic E-state index is 13.6. The van der Waals surface area contributed by atoms with Gasteiger partial charge >= 0.3 is 5.97 Å². The van der Waals surface area contributed by atoms with E-state index in [4.69, 9.17) is 9.47 Å². The lowest BCUT2D eigenvalue weighted by molar-refractivity contribution is -0.120. The zero-order chi connectivity index (χ0) is 26.4. The number of ether oxygens (including phenoxy) is 2. The van der Waals surface area contributed by atoms with Gasteiger partial charge in [0, 0.05) is 4.90 Å². The van der Waals surface area contributed by atoms with Gasteiger partial charge in [-0.3, -0.25) is 9.59 Å². The number of aryl methyl sites for hydroxylation is 1. The third-order valence-electron chi connectivity index (χ3n) is 5.74. The van der Waals surface area contributed by atoms with Crippen molar-refractivity contribution in [3.8, 4) is 5.75 Å². The normalized spacial score (nSPS) is 13.2. The monoisotopic (exact) mass is 516 g/mol. The molecule has 0 fully saturated rings. The van der Waals surface area contributed by atoms with Crippen LogP contribution in [0.2, 0.25) is 0 Å². The molecule has 4 rings (SSSR count). The van der Waals surface area contributed by atoms with Crippen molar-refractivity contribution in [1.29, 1.82) is 0 Å². The Kier molecular flexibility index (Phi) is 8.30. The van der Waals surface area contributed by atoms with Crippen molar-refractivity contribution in [3.05, 3.63) is 94.5 Å². The summed E-state index contributed by atoms with van der Waals surface area (Å²) in [6, 6.07) is 21.2. The van der Waals surface area contributed by atoms with Crippen LogP contribution in [0.1, 0.15) is 35.7 Å². The Balaban J connectivity index is 1.65. The van der Waals surface area contributed by atoms with E-state index in [2.05, 4.69) is 5.32 Å². The van der Waals surface area contributed by atoms with Crippen molar-refractivity contribution in [2.45, 2.75) is 31.6 Å². The molecule has 0 unspecified atom stereocenters. The number of esters is 1. The molecule has 8 heteroatoms. The highest BCUT2D eigenvalue weighted by atomic mass is 32.2. The van der Waals surface area contributed by atoms with Crippen LogP contribution in [-0.4, -0.2) is 31.5 Å². The van der Waals surface area contributed by atoms with E-state index in [9.17, 15) is 14.4 Å². The Morgan fingerprint density at radius 1 is 0.946 bits per heavy atom. The minimum Gasteiger partial charge on any atom is -0.495 e. The second kappa shape index (κ2) is 11.8. The van der Waals surface area contributed by atoms with Gasteiger partial charge in [-0.1, -0.05) is 54.9 Å². The molecule has 0 spiro atoms. The Labute approximate surface area is 220 Å². The number of nitrogens with zero attached hydrogens (tertiary/aromatic N) is 1. The Morgan fingerprint density at radius 3 is 2.32 bits per heavy atom. The predicted octanol–water partition coefficient (Wildman–Crippen LogP) is 5.95. The first kappa shape index (κ1) is 26.0. The van der Waals surface area contributed by atoms with E-state index in [1.807, 2.05) is 50.2 Å². The van der Waals surface area contributed by atoms with Crippen LogP contribution in [0.3, 0.4) is 0 Å². The molecule has 1 N–H and O–H groups in total. The number of rotatable bonds is 10. The summed E-state index contributed by atoms with van der Waals surface area (Å²) in [7, 11) is 1.54. The van der Waals surface area contributed by atoms with Gasteiger partial charge in [-0.05, 0) is 61.9 Å². The lowest BCUT2D eigenvalue weighted by atomic mass is 10.2. The van der Waals surface area contributed by atoms with Gasteiger partial charge in [-0.15, -0.1) is 0 Å². The SMILES string of the molecule is CCCCOC(=O)c1ccc(N2C(=O)C(Nc3ccccc3OC)=C(Sc3ccc(C)cc3)C2=O)cc1. The van der Waals surface area contributed by atoms with Crippen molar-refractivity contribution in [2.75, 3.05) is 23.9 Å². The quantitative estimate of drug-likeness (QED) is 0.202. The van der Waals surface area contributed by atoms with E-state index < -0.39 is 17.8 Å². The summed E-state index contributed by atoms with van der Waals surface area (Å²) in [5, 5.41) is 3.13. The van der Waals surface area contributed by atoms with Gasteiger partial charge in [-0.2, -0.15) is 0 Å². The van der Waals surface area contributed by atoms with Crippen molar-refractivity contribution < 1.29 is 23.9 Å². The van der Waals surface area contributed by atoms with Crippen molar-refractivity contribution in [2.24, 2.45) is 0 Å². The molecular weight excluding hydrogens is 488 g/mol. The van der Waals surface area contributed by atoms with Crippen LogP contribution in [0.15, 0.2) is 88.3 Å². The number of thioether (sulfide) groups is 1. The largest absolute Gasteiger partial charge is 0.495 e. The molecule has 0 bridgehead atoms. The van der Waals surface area contributed by atoms with Crippen LogP contribution in [0.4, 0.5) is 11.4 Å². The maximum Gasteiger partial charge on any atom is 0.338 e. The van der Waals surface area contributed by atoms with Gasteiger partial charge in [0.25, 0.3) is 11.8 Å². The van der Waals surface area contributed by atoms with E-state index in [1.165, 1.54) is 11.8 Å². The average molecular weight is 517 g/mol. The highest BCUT2D eigenvalue weighted by Crippen LogP contribution is 2.39. The summed E-state index contributed by atoms with van der Waals surface area (Å²) in [6.07, 6.45) is 1.71. The fraction of sp³-hybridized carbons (Fsp3) is 0.207. The zero-order valence-electron chi connectivity index (χ0n) is 20.9. The number of anilines is 2. The summed E-state index contributed by atoms with van der Waals surface area (Å²) in [5.41, 5.74) is 2.53. The molecule has 190 valence electrons. The van der Waals surface area contributed by atoms with Crippen LogP contribution < -0.4 is 15.0 Å². The maximum atomic E-state index is 13.6. The van der Waals surface area contributed by atoms with Gasteiger partial charge in [0.1, 0.15) is 16.4 Å². The number of carbonyl (C=O) groups excluding carboxylic acids is 3. The number of imide groups is 1. The number of hydrogen-bond donors (Lipinski definition) is 1. The minimum absolute atomic E-state index is 0.156. The van der Waals surface area contributed by atoms with Crippen molar-refractivity contribution >= 4 is 40.9 Å². The fourth-order valence-electron chi connectivity index (χ4n) is 3.69. The molecule has 0 saturated heterocycles. The number of amides is 2. The molecule has 0 radical (unpaired) electrons. The van der Waals surface area contributed by atoms with Crippen molar-refractivity contribution in [3.63, 3.8) is 0 Å². The molecule has 2 amide bonds. The Hall–Kier alpha value is -4.04. The highest BCUT2D eigenvalue weighted by Gasteiger charge is 2.40. The molecule has 1 heterocycles. The molecule has 0 aromatic heterocycles. The van der Waals surface area contributed by atoms with Gasteiger partial charge < -0.3 is 14.8 Å². The van der Waals surface area contributed by atoms with Gasteiger partial charge in [0.2, 0.25) is 0 Å². The number of carbonyl (C=O) groups is 3. The standard InChI is InChI=1S/C29H28N2O5S/c1-4-5-18-36-29(34)20-12-14-21(15-13-20)31-27(32)25(30-23-8-6-7-9-24(23)35-3)26(28(31)33)37-22-16-10-19(2)11-17-22/h6-17,30H,4-5,18H2,1-3H3. The molecule has 3 aromatic rings. The first-order valence-corrected chi connectivity index (χ1v) is 12.8. The number of hydrogen-bond acceptors (Lipinski definition) is 7. The van der Waals surface area contributed by atoms with Crippen LogP contribution in [0, 0.1) is 6.92 Å². The predicted molar refractivity (Wildman–Crippen MR) is 145 cm³/mol. The molecule has 7 nitrogen and oxygen atoms in total. The summed E-state index contributed by atoms with van der Waals surface area (Å²) in [5.74, 6) is -0.847. The number of unbranched alkanes of at least 4 members (excludes halogenated alkanes) is 1. The zero-order valence-corrected chi connectivity index (χ0v) is 21.8. The third kappa shape index (κ3) is 5.86. The Bertz CT molecular complexity index is 1330. The second-order valence-corrected chi connectivity index (χ2v) is 9.51. The smallest absolute Gasteiger partial charge is 0.338 e. The summed E-state index contributed by atoms with van der Waals surface area (Å²) in [6.45, 7) is 4.35. The molecule has 1 aliphatic heterocycles. The van der Waals surface area contributed by atoms with Gasteiger partial charge in [0.15, 0.2) is 0 Å². The number of benzene rings is 3. The molecular formula is C29H28N2O5S. The highest BCUT2D eigenvalue weighted by molar-refractivity contribution is 8.04. The number of nitrogens with one attached hydrogen (secondary N) is 1. The Morgan fingerprint density at radius 2 is 1.65 bits per heavy atom. The summed E-state index contributed by atoms with van der Waals surface area (Å²) >= 11 is 1.22. The summed E-state index contributed by atoms with van der Waals surface area (Å²) in [4.78, 5) is 41.7. The van der Waals surface area contributed by atoms with Gasteiger partial charge in [-0.25, -0.2) is 9.69 Å². The van der Waals surface area contributed by atoms with Gasteiger partial charge in [0.05, 0.1) is 30.7 Å². The topological polar surface area (TPSA) is 84.9 Å². The molecule has 0 saturated carbocycles. The number of methoxy groups -OCH3 is 1. The lowest BCUT2D eigenvalue weighted by Gasteiger charge is -2.16. The second-order valence-electron chi connectivity index (χ2n) is 8.43. The fourth-order valence-corrected chi connectivity index (χ4v) is 4.62. The number of para-hydroxylation sites is 2. The third-order valence-corrected chi connectivity index (χ3v) is 6.83. The molecule has 37 heavy (non-hydrogen) atoms. The van der Waals surface area contributed by atoms with E-state index in [0.29, 0.717) is 29.3 Å². The molecule has 0 atom stereocenters. The van der Waals surface area contributed by atoms with Crippen LogP contribution >= 0.6 is 11.8 Å². The van der Waals surface area contributed by atoms with E-state index in [-0.39, 0.29) is 10.6 Å². The first-order chi connectivity index (χ1) is 17.9. The minimum atomic E-state index is -0.496. The van der Waals surface area contributed by atoms with E-state index in [1.54, 1.807) is 43.5 Å². The molecule has 3 aromatic carbocycles. The van der Waals surface area contributed by atoms with Crippen LogP contribution in [0.5, 0.6) is 5.75 Å². The van der Waals surface area contributed by atoms with E-state index >= 15 is 0 Å².